The van der Waals surface area contributed by atoms with Gasteiger partial charge in [-0.05, 0) is 38.0 Å². The van der Waals surface area contributed by atoms with E-state index in [-0.39, 0.29) is 17.1 Å². The smallest absolute Gasteiger partial charge is 0.286 e. The second kappa shape index (κ2) is 10.1. The first-order valence-corrected chi connectivity index (χ1v) is 11.3. The Balaban J connectivity index is 1.68. The number of aryl methyl sites for hydroxylation is 1. The molecule has 0 saturated carbocycles. The van der Waals surface area contributed by atoms with Crippen molar-refractivity contribution in [3.63, 3.8) is 0 Å². The molecule has 1 N–H and O–H groups in total. The van der Waals surface area contributed by atoms with Gasteiger partial charge in [-0.15, -0.1) is 10.2 Å². The molecule has 0 aliphatic carbocycles. The van der Waals surface area contributed by atoms with Crippen LogP contribution in [0.25, 0.3) is 11.4 Å². The minimum Gasteiger partial charge on any atom is -0.493 e. The Morgan fingerprint density at radius 1 is 1.21 bits per heavy atom. The standard InChI is InChI=1S/C23H24ClN5O5/c1-3-34-20-13-18(29(31)32)16(12-19(20)33-2)23(30)25-14-8-9-17(24)15(11-14)22-27-26-21-7-5-4-6-10-28(21)22/h8-9,11-13H,3-7,10H2,1-2H3,(H,25,30). The van der Waals surface area contributed by atoms with Crippen LogP contribution in [0.1, 0.15) is 42.4 Å². The number of benzene rings is 2. The monoisotopic (exact) mass is 485 g/mol. The highest BCUT2D eigenvalue weighted by Gasteiger charge is 2.25. The summed E-state index contributed by atoms with van der Waals surface area (Å²) in [7, 11) is 1.40. The number of hydrogen-bond donors (Lipinski definition) is 1. The van der Waals surface area contributed by atoms with Crippen LogP contribution in [0.4, 0.5) is 11.4 Å². The number of carbonyl (C=O) groups is 1. The molecule has 0 saturated heterocycles. The van der Waals surface area contributed by atoms with Gasteiger partial charge in [0.05, 0.1) is 29.7 Å². The number of nitro groups is 1. The number of hydrogen-bond acceptors (Lipinski definition) is 7. The molecular weight excluding hydrogens is 462 g/mol. The first-order chi connectivity index (χ1) is 16.4. The number of fused-ring (bicyclic) bond motifs is 1. The summed E-state index contributed by atoms with van der Waals surface area (Å²) in [5.74, 6) is 1.29. The maximum Gasteiger partial charge on any atom is 0.286 e. The summed E-state index contributed by atoms with van der Waals surface area (Å²) in [4.78, 5) is 24.1. The number of aromatic nitrogens is 3. The molecule has 0 bridgehead atoms. The number of nitro benzene ring substituents is 1. The van der Waals surface area contributed by atoms with Gasteiger partial charge in [0.25, 0.3) is 11.6 Å². The maximum atomic E-state index is 13.1. The van der Waals surface area contributed by atoms with Crippen LogP contribution < -0.4 is 14.8 Å². The maximum absolute atomic E-state index is 13.1. The molecule has 1 amide bonds. The van der Waals surface area contributed by atoms with Gasteiger partial charge in [0, 0.05) is 30.3 Å². The van der Waals surface area contributed by atoms with Crippen molar-refractivity contribution in [2.75, 3.05) is 19.0 Å². The molecule has 178 valence electrons. The van der Waals surface area contributed by atoms with E-state index in [2.05, 4.69) is 20.1 Å². The number of amides is 1. The Kier molecular flexibility index (Phi) is 6.97. The Morgan fingerprint density at radius 3 is 2.76 bits per heavy atom. The molecule has 3 aromatic rings. The lowest BCUT2D eigenvalue weighted by molar-refractivity contribution is -0.385. The zero-order chi connectivity index (χ0) is 24.2. The number of nitrogens with zero attached hydrogens (tertiary/aromatic N) is 4. The average molecular weight is 486 g/mol. The molecular formula is C23H24ClN5O5. The number of rotatable bonds is 7. The number of anilines is 1. The van der Waals surface area contributed by atoms with E-state index >= 15 is 0 Å². The van der Waals surface area contributed by atoms with Crippen molar-refractivity contribution < 1.29 is 19.2 Å². The number of ether oxygens (including phenoxy) is 2. The quantitative estimate of drug-likeness (QED) is 0.373. The topological polar surface area (TPSA) is 121 Å². The predicted molar refractivity (Wildman–Crippen MR) is 127 cm³/mol. The van der Waals surface area contributed by atoms with Crippen LogP contribution in [0.5, 0.6) is 11.5 Å². The van der Waals surface area contributed by atoms with Crippen LogP contribution in [0.3, 0.4) is 0 Å². The molecule has 2 aromatic carbocycles. The van der Waals surface area contributed by atoms with E-state index in [1.807, 2.05) is 0 Å². The Hall–Kier alpha value is -3.66. The second-order valence-electron chi connectivity index (χ2n) is 7.76. The average Bonchev–Trinajstić information content (AvgIpc) is 3.07. The highest BCUT2D eigenvalue weighted by atomic mass is 35.5. The molecule has 0 fully saturated rings. The molecule has 1 aliphatic heterocycles. The minimum atomic E-state index is -0.665. The molecule has 1 aliphatic rings. The third-order valence-corrected chi connectivity index (χ3v) is 5.93. The zero-order valence-electron chi connectivity index (χ0n) is 18.8. The largest absolute Gasteiger partial charge is 0.493 e. The van der Waals surface area contributed by atoms with Crippen molar-refractivity contribution in [3.8, 4) is 22.9 Å². The van der Waals surface area contributed by atoms with Gasteiger partial charge in [0.2, 0.25) is 0 Å². The molecule has 2 heterocycles. The summed E-state index contributed by atoms with van der Waals surface area (Å²) in [5.41, 5.74) is 0.494. The third-order valence-electron chi connectivity index (χ3n) is 5.60. The van der Waals surface area contributed by atoms with Crippen molar-refractivity contribution in [1.82, 2.24) is 14.8 Å². The fraction of sp³-hybridized carbons (Fsp3) is 0.348. The van der Waals surface area contributed by atoms with Crippen LogP contribution in [-0.2, 0) is 13.0 Å². The summed E-state index contributed by atoms with van der Waals surface area (Å²) in [5, 5.41) is 23.5. The molecule has 4 rings (SSSR count). The van der Waals surface area contributed by atoms with Gasteiger partial charge in [-0.3, -0.25) is 14.9 Å². The summed E-state index contributed by atoms with van der Waals surface area (Å²) in [6.45, 7) is 2.83. The Labute approximate surface area is 201 Å². The lowest BCUT2D eigenvalue weighted by Crippen LogP contribution is -2.15. The lowest BCUT2D eigenvalue weighted by Gasteiger charge is -2.13. The third kappa shape index (κ3) is 4.67. The molecule has 10 nitrogen and oxygen atoms in total. The van der Waals surface area contributed by atoms with E-state index in [0.29, 0.717) is 28.7 Å². The van der Waals surface area contributed by atoms with Gasteiger partial charge in [-0.2, -0.15) is 0 Å². The number of carbonyl (C=O) groups excluding carboxylic acids is 1. The fourth-order valence-electron chi connectivity index (χ4n) is 3.97. The molecule has 0 radical (unpaired) electrons. The van der Waals surface area contributed by atoms with Crippen molar-refractivity contribution >= 4 is 28.9 Å². The van der Waals surface area contributed by atoms with E-state index in [1.165, 1.54) is 19.2 Å². The summed E-state index contributed by atoms with van der Waals surface area (Å²) in [6.07, 6.45) is 4.06. The molecule has 0 spiro atoms. The number of nitrogens with one attached hydrogen (secondary N) is 1. The number of halogens is 1. The van der Waals surface area contributed by atoms with E-state index < -0.39 is 16.5 Å². The van der Waals surface area contributed by atoms with Gasteiger partial charge in [0.1, 0.15) is 11.4 Å². The predicted octanol–water partition coefficient (Wildman–Crippen LogP) is 4.89. The van der Waals surface area contributed by atoms with E-state index in [4.69, 9.17) is 21.1 Å². The fourth-order valence-corrected chi connectivity index (χ4v) is 4.17. The number of methoxy groups -OCH3 is 1. The van der Waals surface area contributed by atoms with Crippen molar-refractivity contribution in [2.45, 2.75) is 39.2 Å². The van der Waals surface area contributed by atoms with Gasteiger partial charge in [-0.25, -0.2) is 0 Å². The van der Waals surface area contributed by atoms with Crippen LogP contribution in [-0.4, -0.2) is 39.3 Å². The van der Waals surface area contributed by atoms with E-state index in [0.717, 1.165) is 38.1 Å². The highest BCUT2D eigenvalue weighted by Crippen LogP contribution is 2.36. The lowest BCUT2D eigenvalue weighted by atomic mass is 10.1. The van der Waals surface area contributed by atoms with Crippen LogP contribution in [0, 0.1) is 10.1 Å². The molecule has 11 heteroatoms. The van der Waals surface area contributed by atoms with Crippen molar-refractivity contribution in [3.05, 3.63) is 56.9 Å². The van der Waals surface area contributed by atoms with E-state index in [9.17, 15) is 14.9 Å². The summed E-state index contributed by atoms with van der Waals surface area (Å²) in [6, 6.07) is 7.46. The Morgan fingerprint density at radius 2 is 2.03 bits per heavy atom. The van der Waals surface area contributed by atoms with Gasteiger partial charge >= 0.3 is 0 Å². The van der Waals surface area contributed by atoms with Crippen molar-refractivity contribution in [2.24, 2.45) is 0 Å². The molecule has 0 atom stereocenters. The summed E-state index contributed by atoms with van der Waals surface area (Å²) < 4.78 is 12.7. The van der Waals surface area contributed by atoms with Crippen molar-refractivity contribution in [1.29, 1.82) is 0 Å². The van der Waals surface area contributed by atoms with Crippen LogP contribution in [0.15, 0.2) is 30.3 Å². The highest BCUT2D eigenvalue weighted by molar-refractivity contribution is 6.33. The SMILES string of the molecule is CCOc1cc([N+](=O)[O-])c(C(=O)Nc2ccc(Cl)c(-c3nnc4n3CCCCC4)c2)cc1OC. The summed E-state index contributed by atoms with van der Waals surface area (Å²) >= 11 is 6.46. The van der Waals surface area contributed by atoms with Gasteiger partial charge in [-0.1, -0.05) is 18.0 Å². The van der Waals surface area contributed by atoms with Crippen LogP contribution in [0.2, 0.25) is 5.02 Å². The van der Waals surface area contributed by atoms with Gasteiger partial charge < -0.3 is 19.4 Å². The first-order valence-electron chi connectivity index (χ1n) is 11.0. The molecule has 34 heavy (non-hydrogen) atoms. The minimum absolute atomic E-state index is 0.154. The zero-order valence-corrected chi connectivity index (χ0v) is 19.6. The van der Waals surface area contributed by atoms with Crippen LogP contribution >= 0.6 is 11.6 Å². The normalized spacial score (nSPS) is 13.0. The second-order valence-corrected chi connectivity index (χ2v) is 8.17. The van der Waals surface area contributed by atoms with E-state index in [1.54, 1.807) is 25.1 Å². The first kappa shape index (κ1) is 23.5. The van der Waals surface area contributed by atoms with Gasteiger partial charge in [0.15, 0.2) is 17.3 Å². The Bertz CT molecular complexity index is 1240. The molecule has 0 unspecified atom stereocenters. The molecule has 1 aromatic heterocycles.